The van der Waals surface area contributed by atoms with Crippen molar-refractivity contribution in [3.63, 3.8) is 0 Å². The fraction of sp³-hybridized carbons (Fsp3) is 0.625. The highest BCUT2D eigenvalue weighted by Crippen LogP contribution is 2.26. The summed E-state index contributed by atoms with van der Waals surface area (Å²) in [6.07, 6.45) is 9.28. The molecule has 2 nitrogen and oxygen atoms in total. The smallest absolute Gasteiger partial charge is 0.0835 e. The standard InChI is InChI=1S/C16H24N2/c17-16(18-10-4-1-5-11-18)15-9-8-13-6-2-3-7-14(13)12-15/h8-9,12,16H,1-7,10-11,17H2. The summed E-state index contributed by atoms with van der Waals surface area (Å²) in [5, 5.41) is 0. The molecule has 2 N–H and O–H groups in total. The number of nitrogens with zero attached hydrogens (tertiary/aromatic N) is 1. The molecule has 1 saturated heterocycles. The molecule has 0 bridgehead atoms. The number of nitrogens with two attached hydrogens (primary N) is 1. The Balaban J connectivity index is 1.78. The van der Waals surface area contributed by atoms with Gasteiger partial charge in [0.05, 0.1) is 6.17 Å². The summed E-state index contributed by atoms with van der Waals surface area (Å²) >= 11 is 0. The monoisotopic (exact) mass is 244 g/mol. The maximum Gasteiger partial charge on any atom is 0.0835 e. The molecule has 1 heterocycles. The summed E-state index contributed by atoms with van der Waals surface area (Å²) in [5.41, 5.74) is 10.8. The van der Waals surface area contributed by atoms with Gasteiger partial charge in [0, 0.05) is 0 Å². The van der Waals surface area contributed by atoms with Gasteiger partial charge in [0.25, 0.3) is 0 Å². The molecule has 2 aliphatic rings. The molecule has 1 aliphatic heterocycles. The third kappa shape index (κ3) is 2.45. The van der Waals surface area contributed by atoms with Crippen molar-refractivity contribution in [2.75, 3.05) is 13.1 Å². The summed E-state index contributed by atoms with van der Waals surface area (Å²) in [7, 11) is 0. The molecule has 98 valence electrons. The molecule has 0 aromatic heterocycles. The molecule has 2 heteroatoms. The second kappa shape index (κ2) is 5.41. The summed E-state index contributed by atoms with van der Waals surface area (Å²) in [6, 6.07) is 6.94. The second-order valence-electron chi connectivity index (χ2n) is 5.78. The van der Waals surface area contributed by atoms with Crippen molar-refractivity contribution in [2.24, 2.45) is 5.73 Å². The van der Waals surface area contributed by atoms with E-state index >= 15 is 0 Å². The van der Waals surface area contributed by atoms with Gasteiger partial charge in [0.1, 0.15) is 0 Å². The van der Waals surface area contributed by atoms with Crippen LogP contribution in [0.2, 0.25) is 0 Å². The first-order valence-corrected chi connectivity index (χ1v) is 7.46. The Morgan fingerprint density at radius 2 is 1.61 bits per heavy atom. The van der Waals surface area contributed by atoms with Crippen LogP contribution in [-0.2, 0) is 12.8 Å². The second-order valence-corrected chi connectivity index (χ2v) is 5.78. The lowest BCUT2D eigenvalue weighted by Gasteiger charge is -2.32. The normalized spacial score (nSPS) is 22.5. The topological polar surface area (TPSA) is 29.3 Å². The van der Waals surface area contributed by atoms with Crippen LogP contribution in [0.5, 0.6) is 0 Å². The van der Waals surface area contributed by atoms with Crippen LogP contribution in [0.3, 0.4) is 0 Å². The van der Waals surface area contributed by atoms with Crippen molar-refractivity contribution in [2.45, 2.75) is 51.1 Å². The fourth-order valence-corrected chi connectivity index (χ4v) is 3.34. The first-order valence-electron chi connectivity index (χ1n) is 7.46. The zero-order chi connectivity index (χ0) is 12.4. The van der Waals surface area contributed by atoms with Crippen LogP contribution in [-0.4, -0.2) is 18.0 Å². The third-order valence-corrected chi connectivity index (χ3v) is 4.50. The SMILES string of the molecule is NC(c1ccc2c(c1)CCCC2)N1CCCCC1. The third-order valence-electron chi connectivity index (χ3n) is 4.50. The Hall–Kier alpha value is -0.860. The number of hydrogen-bond acceptors (Lipinski definition) is 2. The Morgan fingerprint density at radius 3 is 2.39 bits per heavy atom. The largest absolute Gasteiger partial charge is 0.312 e. The van der Waals surface area contributed by atoms with Crippen molar-refractivity contribution < 1.29 is 0 Å². The number of likely N-dealkylation sites (tertiary alicyclic amines) is 1. The first-order chi connectivity index (χ1) is 8.84. The van der Waals surface area contributed by atoms with Gasteiger partial charge < -0.3 is 5.73 Å². The van der Waals surface area contributed by atoms with E-state index in [1.54, 1.807) is 11.1 Å². The molecule has 1 unspecified atom stereocenters. The molecule has 1 aromatic rings. The minimum Gasteiger partial charge on any atom is -0.312 e. The maximum absolute atomic E-state index is 6.43. The molecule has 0 spiro atoms. The van der Waals surface area contributed by atoms with E-state index in [0.717, 1.165) is 13.1 Å². The number of aryl methyl sites for hydroxylation is 2. The first kappa shape index (κ1) is 12.2. The van der Waals surface area contributed by atoms with Gasteiger partial charge in [-0.1, -0.05) is 24.6 Å². The van der Waals surface area contributed by atoms with Crippen molar-refractivity contribution in [3.05, 3.63) is 34.9 Å². The van der Waals surface area contributed by atoms with Gasteiger partial charge in [0.15, 0.2) is 0 Å². The van der Waals surface area contributed by atoms with Crippen LogP contribution < -0.4 is 5.73 Å². The van der Waals surface area contributed by atoms with E-state index in [1.807, 2.05) is 0 Å². The van der Waals surface area contributed by atoms with E-state index in [-0.39, 0.29) is 6.17 Å². The van der Waals surface area contributed by atoms with Crippen LogP contribution in [0.15, 0.2) is 18.2 Å². The molecule has 0 saturated carbocycles. The Labute approximate surface area is 110 Å². The van der Waals surface area contributed by atoms with Crippen LogP contribution >= 0.6 is 0 Å². The summed E-state index contributed by atoms with van der Waals surface area (Å²) in [6.45, 7) is 2.33. The van der Waals surface area contributed by atoms with E-state index in [4.69, 9.17) is 5.73 Å². The van der Waals surface area contributed by atoms with Crippen molar-refractivity contribution in [1.82, 2.24) is 4.90 Å². The average Bonchev–Trinajstić information content (AvgIpc) is 2.47. The molecule has 1 aromatic carbocycles. The molecule has 1 atom stereocenters. The van der Waals surface area contributed by atoms with Crippen molar-refractivity contribution in [1.29, 1.82) is 0 Å². The minimum absolute atomic E-state index is 0.109. The summed E-state index contributed by atoms with van der Waals surface area (Å²) < 4.78 is 0. The number of hydrogen-bond donors (Lipinski definition) is 1. The fourth-order valence-electron chi connectivity index (χ4n) is 3.34. The highest BCUT2D eigenvalue weighted by Gasteiger charge is 2.19. The Kier molecular flexibility index (Phi) is 3.67. The van der Waals surface area contributed by atoms with Gasteiger partial charge in [0.2, 0.25) is 0 Å². The van der Waals surface area contributed by atoms with Crippen molar-refractivity contribution in [3.8, 4) is 0 Å². The van der Waals surface area contributed by atoms with Crippen LogP contribution in [0.1, 0.15) is 55.0 Å². The minimum atomic E-state index is 0.109. The average molecular weight is 244 g/mol. The van der Waals surface area contributed by atoms with Gasteiger partial charge in [-0.25, -0.2) is 0 Å². The number of fused-ring (bicyclic) bond motifs is 1. The van der Waals surface area contributed by atoms with E-state index in [0.29, 0.717) is 0 Å². The quantitative estimate of drug-likeness (QED) is 0.866. The molecule has 1 aliphatic carbocycles. The van der Waals surface area contributed by atoms with E-state index in [2.05, 4.69) is 23.1 Å². The van der Waals surface area contributed by atoms with Crippen LogP contribution in [0.4, 0.5) is 0 Å². The predicted octanol–water partition coefficient (Wildman–Crippen LogP) is 3.01. The lowest BCUT2D eigenvalue weighted by Crippen LogP contribution is -2.38. The van der Waals surface area contributed by atoms with Gasteiger partial charge in [-0.3, -0.25) is 4.90 Å². The van der Waals surface area contributed by atoms with Crippen LogP contribution in [0, 0.1) is 0 Å². The molecular weight excluding hydrogens is 220 g/mol. The molecule has 0 radical (unpaired) electrons. The lowest BCUT2D eigenvalue weighted by atomic mass is 9.90. The predicted molar refractivity (Wildman–Crippen MR) is 75.4 cm³/mol. The Bertz CT molecular complexity index is 408. The maximum atomic E-state index is 6.43. The highest BCUT2D eigenvalue weighted by molar-refractivity contribution is 5.35. The molecule has 3 rings (SSSR count). The summed E-state index contributed by atoms with van der Waals surface area (Å²) in [4.78, 5) is 2.44. The molecule has 1 fully saturated rings. The summed E-state index contributed by atoms with van der Waals surface area (Å²) in [5.74, 6) is 0. The van der Waals surface area contributed by atoms with Crippen molar-refractivity contribution >= 4 is 0 Å². The molecule has 18 heavy (non-hydrogen) atoms. The molecular formula is C16H24N2. The number of rotatable bonds is 2. The zero-order valence-electron chi connectivity index (χ0n) is 11.2. The lowest BCUT2D eigenvalue weighted by molar-refractivity contribution is 0.167. The van der Waals surface area contributed by atoms with E-state index < -0.39 is 0 Å². The van der Waals surface area contributed by atoms with E-state index in [9.17, 15) is 0 Å². The number of piperidine rings is 1. The molecule has 0 amide bonds. The zero-order valence-corrected chi connectivity index (χ0v) is 11.2. The number of benzene rings is 1. The Morgan fingerprint density at radius 1 is 0.889 bits per heavy atom. The van der Waals surface area contributed by atoms with Crippen LogP contribution in [0.25, 0.3) is 0 Å². The van der Waals surface area contributed by atoms with E-state index in [1.165, 1.54) is 50.5 Å². The van der Waals surface area contributed by atoms with Gasteiger partial charge in [-0.15, -0.1) is 0 Å². The van der Waals surface area contributed by atoms with Gasteiger partial charge >= 0.3 is 0 Å². The highest BCUT2D eigenvalue weighted by atomic mass is 15.2. The van der Waals surface area contributed by atoms with Gasteiger partial charge in [-0.05, 0) is 68.3 Å². The van der Waals surface area contributed by atoms with Gasteiger partial charge in [-0.2, -0.15) is 0 Å².